The zero-order valence-corrected chi connectivity index (χ0v) is 13.0. The van der Waals surface area contributed by atoms with Crippen molar-refractivity contribution in [1.29, 1.82) is 0 Å². The first-order valence-electron chi connectivity index (χ1n) is 8.15. The second-order valence-electron chi connectivity index (χ2n) is 6.38. The summed E-state index contributed by atoms with van der Waals surface area (Å²) in [6.45, 7) is 4.03. The molecule has 0 radical (unpaired) electrons. The zero-order chi connectivity index (χ0) is 14.8. The number of amides is 1. The number of hydrogen-bond acceptors (Lipinski definition) is 2. The molecule has 2 fully saturated rings. The Kier molecular flexibility index (Phi) is 4.18. The number of benzene rings is 1. The predicted octanol–water partition coefficient (Wildman–Crippen LogP) is 3.45. The highest BCUT2D eigenvalue weighted by molar-refractivity contribution is 5.81. The maximum Gasteiger partial charge on any atom is 0.225 e. The number of nitrogens with zero attached hydrogens (tertiary/aromatic N) is 1. The van der Waals surface area contributed by atoms with Crippen LogP contribution in [-0.2, 0) is 4.79 Å². The normalized spacial score (nSPS) is 25.7. The largest absolute Gasteiger partial charge is 0.497 e. The van der Waals surface area contributed by atoms with Gasteiger partial charge in [-0.15, -0.1) is 0 Å². The standard InChI is InChI=1S/C18H25NO2/c1-3-13-12-17(13)18(20)19-10-8-15(9-11-19)14-4-6-16(21-2)7-5-14/h4-7,13,15,17H,3,8-12H2,1-2H3/t13-,17-/m1/s1. The summed E-state index contributed by atoms with van der Waals surface area (Å²) in [4.78, 5) is 14.5. The number of carbonyl (C=O) groups is 1. The molecule has 2 aliphatic rings. The Hall–Kier alpha value is -1.51. The van der Waals surface area contributed by atoms with E-state index in [2.05, 4.69) is 24.0 Å². The first kappa shape index (κ1) is 14.4. The first-order chi connectivity index (χ1) is 10.2. The van der Waals surface area contributed by atoms with Crippen LogP contribution in [-0.4, -0.2) is 31.0 Å². The Morgan fingerprint density at radius 3 is 2.43 bits per heavy atom. The fraction of sp³-hybridized carbons (Fsp3) is 0.611. The lowest BCUT2D eigenvalue weighted by Crippen LogP contribution is -2.39. The van der Waals surface area contributed by atoms with Gasteiger partial charge in [-0.25, -0.2) is 0 Å². The van der Waals surface area contributed by atoms with Crippen molar-refractivity contribution in [2.75, 3.05) is 20.2 Å². The Morgan fingerprint density at radius 1 is 1.24 bits per heavy atom. The molecule has 1 aliphatic heterocycles. The van der Waals surface area contributed by atoms with Gasteiger partial charge in [-0.3, -0.25) is 4.79 Å². The van der Waals surface area contributed by atoms with Crippen LogP contribution in [0.25, 0.3) is 0 Å². The molecule has 21 heavy (non-hydrogen) atoms. The highest BCUT2D eigenvalue weighted by atomic mass is 16.5. The summed E-state index contributed by atoms with van der Waals surface area (Å²) in [7, 11) is 1.69. The molecule has 114 valence electrons. The SMILES string of the molecule is CC[C@@H]1C[C@H]1C(=O)N1CCC(c2ccc(OC)cc2)CC1. The molecule has 1 heterocycles. The monoisotopic (exact) mass is 287 g/mol. The molecule has 1 saturated heterocycles. The third kappa shape index (κ3) is 3.07. The van der Waals surface area contributed by atoms with Crippen molar-refractivity contribution >= 4 is 5.91 Å². The second kappa shape index (κ2) is 6.08. The Labute approximate surface area is 127 Å². The summed E-state index contributed by atoms with van der Waals surface area (Å²) in [5, 5.41) is 0. The zero-order valence-electron chi connectivity index (χ0n) is 13.0. The smallest absolute Gasteiger partial charge is 0.225 e. The Bertz CT molecular complexity index is 488. The molecule has 0 N–H and O–H groups in total. The van der Waals surface area contributed by atoms with E-state index in [1.807, 2.05) is 12.1 Å². The van der Waals surface area contributed by atoms with Crippen LogP contribution in [0.4, 0.5) is 0 Å². The van der Waals surface area contributed by atoms with Crippen molar-refractivity contribution in [2.45, 2.75) is 38.5 Å². The van der Waals surface area contributed by atoms with Crippen LogP contribution < -0.4 is 4.74 Å². The van der Waals surface area contributed by atoms with Crippen molar-refractivity contribution < 1.29 is 9.53 Å². The molecule has 1 saturated carbocycles. The van der Waals surface area contributed by atoms with Crippen LogP contribution in [0, 0.1) is 11.8 Å². The fourth-order valence-corrected chi connectivity index (χ4v) is 3.55. The number of rotatable bonds is 4. The van der Waals surface area contributed by atoms with E-state index in [1.165, 1.54) is 5.56 Å². The maximum atomic E-state index is 12.4. The van der Waals surface area contributed by atoms with Crippen molar-refractivity contribution in [3.63, 3.8) is 0 Å². The highest BCUT2D eigenvalue weighted by Crippen LogP contribution is 2.43. The van der Waals surface area contributed by atoms with Crippen molar-refractivity contribution in [3.05, 3.63) is 29.8 Å². The summed E-state index contributed by atoms with van der Waals surface area (Å²) in [6, 6.07) is 8.38. The van der Waals surface area contributed by atoms with Crippen LogP contribution in [0.1, 0.15) is 44.1 Å². The van der Waals surface area contributed by atoms with Crippen LogP contribution >= 0.6 is 0 Å². The molecule has 1 amide bonds. The predicted molar refractivity (Wildman–Crippen MR) is 83.4 cm³/mol. The summed E-state index contributed by atoms with van der Waals surface area (Å²) >= 11 is 0. The maximum absolute atomic E-state index is 12.4. The number of likely N-dealkylation sites (tertiary alicyclic amines) is 1. The van der Waals surface area contributed by atoms with Gasteiger partial charge in [0.2, 0.25) is 5.91 Å². The lowest BCUT2D eigenvalue weighted by atomic mass is 9.89. The van der Waals surface area contributed by atoms with E-state index in [0.717, 1.165) is 44.5 Å². The summed E-state index contributed by atoms with van der Waals surface area (Å²) in [5.41, 5.74) is 1.38. The third-order valence-electron chi connectivity index (χ3n) is 5.16. The molecule has 0 aromatic heterocycles. The van der Waals surface area contributed by atoms with Gasteiger partial charge < -0.3 is 9.64 Å². The number of ether oxygens (including phenoxy) is 1. The van der Waals surface area contributed by atoms with Crippen molar-refractivity contribution in [2.24, 2.45) is 11.8 Å². The number of carbonyl (C=O) groups excluding carboxylic acids is 1. The molecule has 3 heteroatoms. The fourth-order valence-electron chi connectivity index (χ4n) is 3.55. The summed E-state index contributed by atoms with van der Waals surface area (Å²) < 4.78 is 5.21. The molecule has 2 atom stereocenters. The molecule has 3 rings (SSSR count). The van der Waals surface area contributed by atoms with E-state index >= 15 is 0 Å². The molecular formula is C18H25NO2. The van der Waals surface area contributed by atoms with E-state index in [9.17, 15) is 4.79 Å². The second-order valence-corrected chi connectivity index (χ2v) is 6.38. The van der Waals surface area contributed by atoms with Gasteiger partial charge in [0.15, 0.2) is 0 Å². The Balaban J connectivity index is 1.53. The average Bonchev–Trinajstić information content (AvgIpc) is 3.34. The molecule has 0 unspecified atom stereocenters. The molecule has 1 aromatic carbocycles. The minimum absolute atomic E-state index is 0.340. The van der Waals surface area contributed by atoms with Gasteiger partial charge in [0, 0.05) is 19.0 Å². The number of piperidine rings is 1. The minimum Gasteiger partial charge on any atom is -0.497 e. The lowest BCUT2D eigenvalue weighted by Gasteiger charge is -2.32. The van der Waals surface area contributed by atoms with E-state index < -0.39 is 0 Å². The number of hydrogen-bond donors (Lipinski definition) is 0. The van der Waals surface area contributed by atoms with Gasteiger partial charge in [0.25, 0.3) is 0 Å². The average molecular weight is 287 g/mol. The molecule has 0 bridgehead atoms. The van der Waals surface area contributed by atoms with E-state index in [1.54, 1.807) is 7.11 Å². The van der Waals surface area contributed by atoms with Gasteiger partial charge >= 0.3 is 0 Å². The Morgan fingerprint density at radius 2 is 1.90 bits per heavy atom. The van der Waals surface area contributed by atoms with Gasteiger partial charge in [-0.2, -0.15) is 0 Å². The quantitative estimate of drug-likeness (QED) is 0.849. The van der Waals surface area contributed by atoms with Crippen molar-refractivity contribution in [1.82, 2.24) is 4.90 Å². The van der Waals surface area contributed by atoms with E-state index in [0.29, 0.717) is 23.7 Å². The number of methoxy groups -OCH3 is 1. The molecule has 1 aromatic rings. The summed E-state index contributed by atoms with van der Waals surface area (Å²) in [5.74, 6) is 2.91. The minimum atomic E-state index is 0.340. The van der Waals surface area contributed by atoms with Crippen molar-refractivity contribution in [3.8, 4) is 5.75 Å². The van der Waals surface area contributed by atoms with Crippen LogP contribution in [0.2, 0.25) is 0 Å². The summed E-state index contributed by atoms with van der Waals surface area (Å²) in [6.07, 6.45) is 4.44. The van der Waals surface area contributed by atoms with E-state index in [-0.39, 0.29) is 0 Å². The molecule has 1 aliphatic carbocycles. The highest BCUT2D eigenvalue weighted by Gasteiger charge is 2.43. The topological polar surface area (TPSA) is 29.5 Å². The van der Waals surface area contributed by atoms with E-state index in [4.69, 9.17) is 4.74 Å². The lowest BCUT2D eigenvalue weighted by molar-refractivity contribution is -0.134. The van der Waals surface area contributed by atoms with Crippen LogP contribution in [0.3, 0.4) is 0 Å². The molecular weight excluding hydrogens is 262 g/mol. The molecule has 0 spiro atoms. The third-order valence-corrected chi connectivity index (χ3v) is 5.16. The van der Waals surface area contributed by atoms with Gasteiger partial charge in [0.1, 0.15) is 5.75 Å². The van der Waals surface area contributed by atoms with Gasteiger partial charge in [-0.05, 0) is 48.8 Å². The van der Waals surface area contributed by atoms with Gasteiger partial charge in [-0.1, -0.05) is 25.5 Å². The first-order valence-corrected chi connectivity index (χ1v) is 8.15. The molecule has 3 nitrogen and oxygen atoms in total. The van der Waals surface area contributed by atoms with Crippen LogP contribution in [0.5, 0.6) is 5.75 Å². The van der Waals surface area contributed by atoms with Gasteiger partial charge in [0.05, 0.1) is 7.11 Å². The van der Waals surface area contributed by atoms with Crippen LogP contribution in [0.15, 0.2) is 24.3 Å².